The zero-order valence-corrected chi connectivity index (χ0v) is 12.1. The van der Waals surface area contributed by atoms with Gasteiger partial charge in [0.15, 0.2) is 11.6 Å². The molecule has 1 aliphatic heterocycles. The minimum Gasteiger partial charge on any atom is -0.364 e. The highest BCUT2D eigenvalue weighted by molar-refractivity contribution is 5.74. The van der Waals surface area contributed by atoms with Crippen LogP contribution in [-0.4, -0.2) is 63.8 Å². The van der Waals surface area contributed by atoms with Crippen LogP contribution in [0, 0.1) is 0 Å². The fraction of sp³-hybridized carbons (Fsp3) is 0.615. The zero-order valence-electron chi connectivity index (χ0n) is 12.1. The predicted octanol–water partition coefficient (Wildman–Crippen LogP) is 0.256. The third-order valence-electron chi connectivity index (χ3n) is 3.99. The molecule has 0 bridgehead atoms. The SMILES string of the molecule is O=CN1CCCN(c2nc3nonc3nc2NC2CC2)CC1. The van der Waals surface area contributed by atoms with Crippen molar-refractivity contribution >= 4 is 29.3 Å². The fourth-order valence-electron chi connectivity index (χ4n) is 2.62. The molecule has 9 heteroatoms. The highest BCUT2D eigenvalue weighted by atomic mass is 16.6. The van der Waals surface area contributed by atoms with E-state index in [1.165, 1.54) is 0 Å². The minimum absolute atomic E-state index is 0.410. The van der Waals surface area contributed by atoms with Crippen molar-refractivity contribution in [2.75, 3.05) is 36.4 Å². The summed E-state index contributed by atoms with van der Waals surface area (Å²) in [6.07, 6.45) is 4.10. The quantitative estimate of drug-likeness (QED) is 0.803. The maximum absolute atomic E-state index is 11.0. The molecule has 2 aromatic heterocycles. The van der Waals surface area contributed by atoms with Crippen LogP contribution in [-0.2, 0) is 4.79 Å². The number of nitrogens with one attached hydrogen (secondary N) is 1. The van der Waals surface area contributed by atoms with Crippen LogP contribution in [0.2, 0.25) is 0 Å². The van der Waals surface area contributed by atoms with Crippen molar-refractivity contribution in [2.45, 2.75) is 25.3 Å². The van der Waals surface area contributed by atoms with Gasteiger partial charge in [-0.05, 0) is 29.6 Å². The van der Waals surface area contributed by atoms with E-state index in [9.17, 15) is 4.79 Å². The second-order valence-corrected chi connectivity index (χ2v) is 5.71. The monoisotopic (exact) mass is 303 g/mol. The van der Waals surface area contributed by atoms with Crippen LogP contribution in [0.3, 0.4) is 0 Å². The second-order valence-electron chi connectivity index (χ2n) is 5.71. The van der Waals surface area contributed by atoms with E-state index in [2.05, 4.69) is 30.5 Å². The summed E-state index contributed by atoms with van der Waals surface area (Å²) in [6, 6.07) is 0.462. The molecule has 3 heterocycles. The van der Waals surface area contributed by atoms with E-state index in [1.54, 1.807) is 4.90 Å². The third kappa shape index (κ3) is 2.53. The van der Waals surface area contributed by atoms with Crippen LogP contribution in [0.25, 0.3) is 11.3 Å². The molecule has 2 aliphatic rings. The summed E-state index contributed by atoms with van der Waals surface area (Å²) in [7, 11) is 0. The molecular weight excluding hydrogens is 286 g/mol. The Balaban J connectivity index is 1.66. The van der Waals surface area contributed by atoms with Gasteiger partial charge in [0.05, 0.1) is 0 Å². The molecule has 0 radical (unpaired) electrons. The summed E-state index contributed by atoms with van der Waals surface area (Å²) in [5.74, 6) is 1.49. The second kappa shape index (κ2) is 5.39. The summed E-state index contributed by atoms with van der Waals surface area (Å²) in [5.41, 5.74) is 0.823. The molecule has 1 saturated heterocycles. The first-order chi connectivity index (χ1) is 10.8. The van der Waals surface area contributed by atoms with Crippen LogP contribution in [0.1, 0.15) is 19.3 Å². The molecule has 1 amide bonds. The number of anilines is 2. The van der Waals surface area contributed by atoms with Gasteiger partial charge in [0.25, 0.3) is 0 Å². The Kier molecular flexibility index (Phi) is 3.24. The molecule has 0 atom stereocenters. The molecule has 9 nitrogen and oxygen atoms in total. The van der Waals surface area contributed by atoms with Gasteiger partial charge in [-0.25, -0.2) is 14.6 Å². The highest BCUT2D eigenvalue weighted by Gasteiger charge is 2.26. The van der Waals surface area contributed by atoms with Crippen LogP contribution in [0.4, 0.5) is 11.6 Å². The molecule has 1 N–H and O–H groups in total. The minimum atomic E-state index is 0.410. The van der Waals surface area contributed by atoms with Gasteiger partial charge in [-0.15, -0.1) is 0 Å². The van der Waals surface area contributed by atoms with Gasteiger partial charge < -0.3 is 15.1 Å². The number of hydrogen-bond acceptors (Lipinski definition) is 8. The molecule has 1 aliphatic carbocycles. The van der Waals surface area contributed by atoms with Crippen molar-refractivity contribution in [3.8, 4) is 0 Å². The number of aromatic nitrogens is 4. The largest absolute Gasteiger partial charge is 0.364 e. The van der Waals surface area contributed by atoms with E-state index in [0.717, 1.165) is 56.9 Å². The standard InChI is InChI=1S/C13H17N7O2/c21-8-19-4-1-5-20(7-6-19)13-12(14-9-2-3-9)15-10-11(16-13)18-22-17-10/h8-9H,1-7H2,(H,14,15,17). The highest BCUT2D eigenvalue weighted by Crippen LogP contribution is 2.30. The Bertz CT molecular complexity index is 684. The lowest BCUT2D eigenvalue weighted by atomic mass is 10.3. The van der Waals surface area contributed by atoms with Gasteiger partial charge in [-0.1, -0.05) is 0 Å². The number of carbonyl (C=O) groups excluding carboxylic acids is 1. The van der Waals surface area contributed by atoms with Gasteiger partial charge in [0.2, 0.25) is 17.7 Å². The van der Waals surface area contributed by atoms with E-state index < -0.39 is 0 Å². The van der Waals surface area contributed by atoms with E-state index in [4.69, 9.17) is 4.63 Å². The summed E-state index contributed by atoms with van der Waals surface area (Å²) in [4.78, 5) is 23.9. The molecule has 116 valence electrons. The van der Waals surface area contributed by atoms with E-state index >= 15 is 0 Å². The lowest BCUT2D eigenvalue weighted by Crippen LogP contribution is -2.31. The van der Waals surface area contributed by atoms with Crippen molar-refractivity contribution in [3.63, 3.8) is 0 Å². The molecule has 2 fully saturated rings. The number of nitrogens with zero attached hydrogens (tertiary/aromatic N) is 6. The predicted molar refractivity (Wildman–Crippen MR) is 78.5 cm³/mol. The van der Waals surface area contributed by atoms with Gasteiger partial charge in [-0.3, -0.25) is 4.79 Å². The van der Waals surface area contributed by atoms with Gasteiger partial charge in [-0.2, -0.15) is 0 Å². The lowest BCUT2D eigenvalue weighted by Gasteiger charge is -2.23. The molecule has 4 rings (SSSR count). The summed E-state index contributed by atoms with van der Waals surface area (Å²) < 4.78 is 4.72. The normalized spacial score (nSPS) is 19.3. The maximum Gasteiger partial charge on any atom is 0.245 e. The number of rotatable bonds is 4. The lowest BCUT2D eigenvalue weighted by molar-refractivity contribution is -0.117. The van der Waals surface area contributed by atoms with Gasteiger partial charge in [0, 0.05) is 32.2 Å². The molecule has 0 aromatic carbocycles. The Labute approximate surface area is 126 Å². The Morgan fingerprint density at radius 2 is 1.91 bits per heavy atom. The number of amides is 1. The van der Waals surface area contributed by atoms with Crippen molar-refractivity contribution in [1.82, 2.24) is 25.2 Å². The molecule has 0 unspecified atom stereocenters. The Morgan fingerprint density at radius 1 is 1.09 bits per heavy atom. The van der Waals surface area contributed by atoms with Crippen LogP contribution < -0.4 is 10.2 Å². The topological polar surface area (TPSA) is 100 Å². The first kappa shape index (κ1) is 13.2. The van der Waals surface area contributed by atoms with Gasteiger partial charge >= 0.3 is 0 Å². The third-order valence-corrected chi connectivity index (χ3v) is 3.99. The van der Waals surface area contributed by atoms with E-state index in [1.807, 2.05) is 0 Å². The molecule has 2 aromatic rings. The summed E-state index contributed by atoms with van der Waals surface area (Å²) in [6.45, 7) is 3.01. The fourth-order valence-corrected chi connectivity index (χ4v) is 2.62. The first-order valence-electron chi connectivity index (χ1n) is 7.54. The Hall–Kier alpha value is -2.45. The Morgan fingerprint density at radius 3 is 2.68 bits per heavy atom. The number of carbonyl (C=O) groups is 1. The summed E-state index contributed by atoms with van der Waals surface area (Å²) in [5, 5.41) is 10.9. The zero-order chi connectivity index (χ0) is 14.9. The number of fused-ring (bicyclic) bond motifs is 1. The average Bonchev–Trinajstić information content (AvgIpc) is 3.28. The van der Waals surface area contributed by atoms with Crippen LogP contribution >= 0.6 is 0 Å². The molecule has 0 spiro atoms. The smallest absolute Gasteiger partial charge is 0.245 e. The van der Waals surface area contributed by atoms with Crippen molar-refractivity contribution in [2.24, 2.45) is 0 Å². The van der Waals surface area contributed by atoms with Crippen LogP contribution in [0.15, 0.2) is 4.63 Å². The van der Waals surface area contributed by atoms with Crippen molar-refractivity contribution in [1.29, 1.82) is 0 Å². The molecule has 1 saturated carbocycles. The van der Waals surface area contributed by atoms with E-state index in [-0.39, 0.29) is 0 Å². The van der Waals surface area contributed by atoms with Crippen molar-refractivity contribution in [3.05, 3.63) is 0 Å². The molecule has 22 heavy (non-hydrogen) atoms. The summed E-state index contributed by atoms with van der Waals surface area (Å²) >= 11 is 0. The number of hydrogen-bond donors (Lipinski definition) is 1. The maximum atomic E-state index is 11.0. The molecular formula is C13H17N7O2. The first-order valence-corrected chi connectivity index (χ1v) is 7.54. The van der Waals surface area contributed by atoms with E-state index in [0.29, 0.717) is 23.9 Å². The van der Waals surface area contributed by atoms with Crippen LogP contribution in [0.5, 0.6) is 0 Å². The van der Waals surface area contributed by atoms with Crippen molar-refractivity contribution < 1.29 is 9.42 Å². The average molecular weight is 303 g/mol. The van der Waals surface area contributed by atoms with Gasteiger partial charge in [0.1, 0.15) is 0 Å².